The summed E-state index contributed by atoms with van der Waals surface area (Å²) in [5, 5.41) is 0. The van der Waals surface area contributed by atoms with Gasteiger partial charge in [0, 0.05) is 6.92 Å². The van der Waals surface area contributed by atoms with E-state index >= 15 is 0 Å². The molecule has 0 heterocycles. The first-order valence-corrected chi connectivity index (χ1v) is 6.00. The van der Waals surface area contributed by atoms with Gasteiger partial charge in [0.15, 0.2) is 6.61 Å². The van der Waals surface area contributed by atoms with E-state index < -0.39 is 30.1 Å². The number of halogens is 2. The second-order valence-electron chi connectivity index (χ2n) is 4.95. The lowest BCUT2D eigenvalue weighted by molar-refractivity contribution is -0.181. The van der Waals surface area contributed by atoms with Crippen LogP contribution < -0.4 is 0 Å². The Morgan fingerprint density at radius 1 is 1.22 bits per heavy atom. The van der Waals surface area contributed by atoms with Crippen LogP contribution >= 0.6 is 0 Å². The van der Waals surface area contributed by atoms with Crippen LogP contribution in [-0.2, 0) is 19.1 Å². The topological polar surface area (TPSA) is 52.6 Å². The van der Waals surface area contributed by atoms with Crippen LogP contribution in [0.4, 0.5) is 8.78 Å². The van der Waals surface area contributed by atoms with Crippen molar-refractivity contribution < 1.29 is 27.8 Å². The van der Waals surface area contributed by atoms with E-state index in [1.54, 1.807) is 6.92 Å². The maximum Gasteiger partial charge on any atom is 0.377 e. The molecular formula is C12H18F2O4. The van der Waals surface area contributed by atoms with Crippen LogP contribution in [0.25, 0.3) is 0 Å². The molecule has 1 saturated carbocycles. The molecule has 1 aliphatic rings. The number of ether oxygens (including phenoxy) is 2. The second-order valence-corrected chi connectivity index (χ2v) is 4.95. The van der Waals surface area contributed by atoms with Crippen LogP contribution in [-0.4, -0.2) is 30.1 Å². The van der Waals surface area contributed by atoms with Crippen molar-refractivity contribution in [3.8, 4) is 0 Å². The zero-order chi connectivity index (χ0) is 13.8. The number of hydrogen-bond donors (Lipinski definition) is 0. The van der Waals surface area contributed by atoms with Crippen LogP contribution in [0.3, 0.4) is 0 Å². The predicted molar refractivity (Wildman–Crippen MR) is 59.2 cm³/mol. The van der Waals surface area contributed by atoms with E-state index in [0.29, 0.717) is 6.92 Å². The van der Waals surface area contributed by atoms with Crippen molar-refractivity contribution in [1.82, 2.24) is 0 Å². The third-order valence-corrected chi connectivity index (χ3v) is 2.95. The molecule has 0 spiro atoms. The molecule has 0 saturated heterocycles. The van der Waals surface area contributed by atoms with Gasteiger partial charge in [-0.15, -0.1) is 0 Å². The average molecular weight is 264 g/mol. The van der Waals surface area contributed by atoms with Crippen LogP contribution in [0.5, 0.6) is 0 Å². The summed E-state index contributed by atoms with van der Waals surface area (Å²) in [5.41, 5.74) is -0.559. The Morgan fingerprint density at radius 2 is 1.78 bits per heavy atom. The summed E-state index contributed by atoms with van der Waals surface area (Å²) in [6.45, 7) is 1.46. The Kier molecular flexibility index (Phi) is 4.65. The predicted octanol–water partition coefficient (Wildman–Crippen LogP) is 2.45. The fourth-order valence-electron chi connectivity index (χ4n) is 1.96. The lowest BCUT2D eigenvalue weighted by Gasteiger charge is -2.33. The average Bonchev–Trinajstić information content (AvgIpc) is 2.24. The molecule has 0 aromatic carbocycles. The zero-order valence-corrected chi connectivity index (χ0v) is 10.6. The highest BCUT2D eigenvalue weighted by atomic mass is 19.3. The molecule has 6 heteroatoms. The van der Waals surface area contributed by atoms with Crippen molar-refractivity contribution in [3.05, 3.63) is 0 Å². The van der Waals surface area contributed by atoms with E-state index in [0.717, 1.165) is 32.1 Å². The molecule has 0 amide bonds. The third kappa shape index (κ3) is 4.58. The van der Waals surface area contributed by atoms with E-state index in [1.165, 1.54) is 0 Å². The van der Waals surface area contributed by atoms with E-state index in [1.807, 2.05) is 0 Å². The number of carbonyl (C=O) groups excluding carboxylic acids is 2. The van der Waals surface area contributed by atoms with Gasteiger partial charge in [0.05, 0.1) is 0 Å². The number of rotatable bonds is 4. The largest absolute Gasteiger partial charge is 0.457 e. The first kappa shape index (κ1) is 14.9. The zero-order valence-electron chi connectivity index (χ0n) is 10.6. The molecule has 0 radical (unpaired) electrons. The van der Waals surface area contributed by atoms with Gasteiger partial charge < -0.3 is 9.47 Å². The molecule has 0 aromatic rings. The molecule has 1 rings (SSSR count). The maximum atomic E-state index is 12.5. The first-order chi connectivity index (χ1) is 8.23. The number of esters is 2. The number of hydrogen-bond acceptors (Lipinski definition) is 4. The summed E-state index contributed by atoms with van der Waals surface area (Å²) in [4.78, 5) is 22.2. The van der Waals surface area contributed by atoms with Gasteiger partial charge in [0.1, 0.15) is 5.60 Å². The van der Waals surface area contributed by atoms with Gasteiger partial charge in [-0.3, -0.25) is 0 Å². The molecule has 104 valence electrons. The van der Waals surface area contributed by atoms with Gasteiger partial charge >= 0.3 is 17.9 Å². The molecule has 0 bridgehead atoms. The van der Waals surface area contributed by atoms with Crippen molar-refractivity contribution in [1.29, 1.82) is 0 Å². The monoisotopic (exact) mass is 264 g/mol. The Hall–Kier alpha value is -1.20. The summed E-state index contributed by atoms with van der Waals surface area (Å²) in [6, 6.07) is 0. The minimum absolute atomic E-state index is 0.420. The third-order valence-electron chi connectivity index (χ3n) is 2.95. The first-order valence-electron chi connectivity index (χ1n) is 6.00. The van der Waals surface area contributed by atoms with E-state index in [2.05, 4.69) is 4.74 Å². The minimum atomic E-state index is -3.59. The molecular weight excluding hydrogens is 246 g/mol. The van der Waals surface area contributed by atoms with Crippen LogP contribution in [0, 0.1) is 0 Å². The lowest BCUT2D eigenvalue weighted by Crippen LogP contribution is -2.36. The highest BCUT2D eigenvalue weighted by Gasteiger charge is 2.36. The summed E-state index contributed by atoms with van der Waals surface area (Å²) in [7, 11) is 0. The summed E-state index contributed by atoms with van der Waals surface area (Å²) >= 11 is 0. The van der Waals surface area contributed by atoms with Gasteiger partial charge in [-0.1, -0.05) is 6.42 Å². The van der Waals surface area contributed by atoms with Gasteiger partial charge in [0.25, 0.3) is 0 Å². The molecule has 18 heavy (non-hydrogen) atoms. The van der Waals surface area contributed by atoms with Crippen LogP contribution in [0.1, 0.15) is 46.0 Å². The fourth-order valence-corrected chi connectivity index (χ4v) is 1.96. The van der Waals surface area contributed by atoms with E-state index in [9.17, 15) is 18.4 Å². The van der Waals surface area contributed by atoms with Gasteiger partial charge in [-0.05, 0) is 32.6 Å². The van der Waals surface area contributed by atoms with Crippen molar-refractivity contribution in [3.63, 3.8) is 0 Å². The second kappa shape index (κ2) is 5.63. The maximum absolute atomic E-state index is 12.5. The molecule has 1 aliphatic carbocycles. The minimum Gasteiger partial charge on any atom is -0.457 e. The van der Waals surface area contributed by atoms with E-state index in [4.69, 9.17) is 4.74 Å². The normalized spacial score (nSPS) is 19.1. The smallest absolute Gasteiger partial charge is 0.377 e. The van der Waals surface area contributed by atoms with Gasteiger partial charge in [-0.2, -0.15) is 8.78 Å². The van der Waals surface area contributed by atoms with Crippen LogP contribution in [0.2, 0.25) is 0 Å². The van der Waals surface area contributed by atoms with Gasteiger partial charge in [-0.25, -0.2) is 9.59 Å². The highest BCUT2D eigenvalue weighted by Crippen LogP contribution is 2.31. The quantitative estimate of drug-likeness (QED) is 0.732. The number of alkyl halides is 2. The Balaban J connectivity index is 2.35. The van der Waals surface area contributed by atoms with Crippen molar-refractivity contribution >= 4 is 11.9 Å². The van der Waals surface area contributed by atoms with Gasteiger partial charge in [0.2, 0.25) is 0 Å². The molecule has 0 N–H and O–H groups in total. The Bertz CT molecular complexity index is 317. The molecule has 4 nitrogen and oxygen atoms in total. The fraction of sp³-hybridized carbons (Fsp3) is 0.833. The van der Waals surface area contributed by atoms with Crippen LogP contribution in [0.15, 0.2) is 0 Å². The molecule has 0 aromatic heterocycles. The van der Waals surface area contributed by atoms with Crippen molar-refractivity contribution in [2.45, 2.75) is 57.5 Å². The number of carbonyl (C=O) groups is 2. The Labute approximate surface area is 105 Å². The SMILES string of the molecule is CC1(OC(=O)COC(=O)C(C)(F)F)CCCCC1. The standard InChI is InChI=1S/C12H18F2O4/c1-11(6-4-3-5-7-11)18-9(15)8-17-10(16)12(2,13)14/h3-8H2,1-2H3. The lowest BCUT2D eigenvalue weighted by atomic mass is 9.86. The summed E-state index contributed by atoms with van der Waals surface area (Å²) < 4.78 is 34.3. The summed E-state index contributed by atoms with van der Waals surface area (Å²) in [5.74, 6) is -6.08. The molecule has 1 fully saturated rings. The molecule has 0 aliphatic heterocycles. The highest BCUT2D eigenvalue weighted by molar-refractivity contribution is 5.80. The molecule has 0 unspecified atom stereocenters. The van der Waals surface area contributed by atoms with E-state index in [-0.39, 0.29) is 0 Å². The van der Waals surface area contributed by atoms with Crippen molar-refractivity contribution in [2.75, 3.05) is 6.61 Å². The summed E-state index contributed by atoms with van der Waals surface area (Å²) in [6.07, 6.45) is 4.53. The molecule has 0 atom stereocenters. The van der Waals surface area contributed by atoms with Crippen molar-refractivity contribution in [2.24, 2.45) is 0 Å². The Morgan fingerprint density at radius 3 is 2.28 bits per heavy atom.